The molecule has 2 fully saturated rings. The average molecular weight is 331 g/mol. The maximum absolute atomic E-state index is 12.3. The van der Waals surface area contributed by atoms with Crippen molar-refractivity contribution in [2.75, 3.05) is 19.6 Å². The molecule has 0 bridgehead atoms. The van der Waals surface area contributed by atoms with E-state index in [9.17, 15) is 9.59 Å². The highest BCUT2D eigenvalue weighted by Crippen LogP contribution is 2.25. The average Bonchev–Trinajstić information content (AvgIpc) is 2.60. The largest absolute Gasteiger partial charge is 0.349 e. The van der Waals surface area contributed by atoms with E-state index in [1.54, 1.807) is 19.3 Å². The van der Waals surface area contributed by atoms with Gasteiger partial charge >= 0.3 is 0 Å². The molecule has 1 aromatic heterocycles. The number of nitrogens with one attached hydrogen (secondary N) is 1. The van der Waals surface area contributed by atoms with Gasteiger partial charge in [0.2, 0.25) is 0 Å². The van der Waals surface area contributed by atoms with Crippen molar-refractivity contribution in [2.45, 2.75) is 51.0 Å². The number of piperidine rings is 1. The van der Waals surface area contributed by atoms with Gasteiger partial charge in [-0.1, -0.05) is 19.3 Å². The van der Waals surface area contributed by atoms with Crippen LogP contribution in [0, 0.1) is 5.92 Å². The van der Waals surface area contributed by atoms with Crippen LogP contribution in [0.5, 0.6) is 0 Å². The predicted molar refractivity (Wildman–Crippen MR) is 95.2 cm³/mol. The summed E-state index contributed by atoms with van der Waals surface area (Å²) >= 11 is 0. The van der Waals surface area contributed by atoms with Gasteiger partial charge in [-0.25, -0.2) is 0 Å². The van der Waals surface area contributed by atoms with Gasteiger partial charge in [0.05, 0.1) is 0 Å². The van der Waals surface area contributed by atoms with E-state index in [0.717, 1.165) is 31.8 Å². The summed E-state index contributed by atoms with van der Waals surface area (Å²) < 4.78 is 1.47. The SMILES string of the molecule is Cn1ccc(C(=O)NC2CCN(CC3CCCCC3)CC2)cc1=O. The Morgan fingerprint density at radius 2 is 1.88 bits per heavy atom. The summed E-state index contributed by atoms with van der Waals surface area (Å²) in [6.45, 7) is 3.37. The van der Waals surface area contributed by atoms with Crippen molar-refractivity contribution in [2.24, 2.45) is 13.0 Å². The number of aromatic nitrogens is 1. The van der Waals surface area contributed by atoms with Crippen LogP contribution in [0.25, 0.3) is 0 Å². The third-order valence-electron chi connectivity index (χ3n) is 5.53. The molecule has 132 valence electrons. The van der Waals surface area contributed by atoms with Crippen molar-refractivity contribution >= 4 is 5.91 Å². The zero-order valence-electron chi connectivity index (χ0n) is 14.7. The molecule has 0 aromatic carbocycles. The molecule has 1 N–H and O–H groups in total. The first-order valence-electron chi connectivity index (χ1n) is 9.32. The maximum Gasteiger partial charge on any atom is 0.251 e. The van der Waals surface area contributed by atoms with Crippen LogP contribution >= 0.6 is 0 Å². The fraction of sp³-hybridized carbons (Fsp3) is 0.684. The summed E-state index contributed by atoms with van der Waals surface area (Å²) in [4.78, 5) is 26.5. The fourth-order valence-corrected chi connectivity index (χ4v) is 3.95. The molecule has 5 heteroatoms. The molecule has 0 unspecified atom stereocenters. The third-order valence-corrected chi connectivity index (χ3v) is 5.53. The van der Waals surface area contributed by atoms with Crippen molar-refractivity contribution in [3.63, 3.8) is 0 Å². The number of carbonyl (C=O) groups is 1. The Labute approximate surface area is 144 Å². The van der Waals surface area contributed by atoms with Gasteiger partial charge in [0.25, 0.3) is 11.5 Å². The van der Waals surface area contributed by atoms with Crippen molar-refractivity contribution < 1.29 is 4.79 Å². The molecule has 3 rings (SSSR count). The number of amides is 1. The van der Waals surface area contributed by atoms with E-state index < -0.39 is 0 Å². The Bertz CT molecular complexity index is 611. The number of pyridine rings is 1. The Kier molecular flexibility index (Phi) is 5.72. The summed E-state index contributed by atoms with van der Waals surface area (Å²) in [6.07, 6.45) is 10.6. The maximum atomic E-state index is 12.3. The number of carbonyl (C=O) groups excluding carboxylic acids is 1. The molecule has 1 saturated carbocycles. The van der Waals surface area contributed by atoms with Crippen molar-refractivity contribution in [1.82, 2.24) is 14.8 Å². The number of likely N-dealkylation sites (tertiary alicyclic amines) is 1. The summed E-state index contributed by atoms with van der Waals surface area (Å²) in [5.74, 6) is 0.754. The first-order valence-corrected chi connectivity index (χ1v) is 9.32. The molecule has 1 aliphatic carbocycles. The first-order chi connectivity index (χ1) is 11.6. The monoisotopic (exact) mass is 331 g/mol. The van der Waals surface area contributed by atoms with E-state index >= 15 is 0 Å². The number of aryl methyl sites for hydroxylation is 1. The van der Waals surface area contributed by atoms with Crippen LogP contribution in [0.4, 0.5) is 0 Å². The summed E-state index contributed by atoms with van der Waals surface area (Å²) in [5.41, 5.74) is 0.313. The minimum absolute atomic E-state index is 0.126. The summed E-state index contributed by atoms with van der Waals surface area (Å²) in [7, 11) is 1.69. The molecule has 5 nitrogen and oxygen atoms in total. The molecule has 2 heterocycles. The lowest BCUT2D eigenvalue weighted by atomic mass is 9.88. The second kappa shape index (κ2) is 7.97. The van der Waals surface area contributed by atoms with Gasteiger partial charge in [0.1, 0.15) is 0 Å². The number of nitrogens with zero attached hydrogens (tertiary/aromatic N) is 2. The van der Waals surface area contributed by atoms with E-state index in [2.05, 4.69) is 10.2 Å². The van der Waals surface area contributed by atoms with Crippen molar-refractivity contribution in [1.29, 1.82) is 0 Å². The lowest BCUT2D eigenvalue weighted by Crippen LogP contribution is -2.46. The molecule has 0 radical (unpaired) electrons. The summed E-state index contributed by atoms with van der Waals surface area (Å²) in [5, 5.41) is 3.09. The quantitative estimate of drug-likeness (QED) is 0.920. The van der Waals surface area contributed by atoms with Crippen LogP contribution in [-0.2, 0) is 7.05 Å². The van der Waals surface area contributed by atoms with E-state index in [0.29, 0.717) is 5.56 Å². The number of rotatable bonds is 4. The second-order valence-electron chi connectivity index (χ2n) is 7.42. The van der Waals surface area contributed by atoms with Gasteiger partial charge in [0, 0.05) is 50.6 Å². The van der Waals surface area contributed by atoms with E-state index in [-0.39, 0.29) is 17.5 Å². The van der Waals surface area contributed by atoms with E-state index in [4.69, 9.17) is 0 Å². The molecule has 0 spiro atoms. The minimum atomic E-state index is -0.148. The van der Waals surface area contributed by atoms with E-state index in [1.807, 2.05) is 0 Å². The zero-order chi connectivity index (χ0) is 16.9. The molecule has 1 aliphatic heterocycles. The molecule has 1 amide bonds. The highest BCUT2D eigenvalue weighted by Gasteiger charge is 2.24. The highest BCUT2D eigenvalue weighted by atomic mass is 16.2. The van der Waals surface area contributed by atoms with Gasteiger partial charge in [-0.15, -0.1) is 0 Å². The van der Waals surface area contributed by atoms with Gasteiger partial charge in [-0.05, 0) is 37.7 Å². The molecule has 24 heavy (non-hydrogen) atoms. The Morgan fingerprint density at radius 3 is 2.54 bits per heavy atom. The van der Waals surface area contributed by atoms with Crippen molar-refractivity contribution in [3.8, 4) is 0 Å². The predicted octanol–water partition coefficient (Wildman–Crippen LogP) is 2.16. The van der Waals surface area contributed by atoms with Gasteiger partial charge in [0.15, 0.2) is 0 Å². The number of hydrogen-bond donors (Lipinski definition) is 1. The number of hydrogen-bond acceptors (Lipinski definition) is 3. The lowest BCUT2D eigenvalue weighted by molar-refractivity contribution is 0.0901. The third kappa shape index (κ3) is 4.47. The standard InChI is InChI=1S/C19H29N3O2/c1-21-10-7-16(13-18(21)23)19(24)20-17-8-11-22(12-9-17)14-15-5-3-2-4-6-15/h7,10,13,15,17H,2-6,8-9,11-12,14H2,1H3,(H,20,24). The van der Waals surface area contributed by atoms with E-state index in [1.165, 1.54) is 49.3 Å². The molecule has 1 aromatic rings. The topological polar surface area (TPSA) is 54.3 Å². The Morgan fingerprint density at radius 1 is 1.17 bits per heavy atom. The molecule has 0 atom stereocenters. The second-order valence-corrected chi connectivity index (χ2v) is 7.42. The van der Waals surface area contributed by atoms with Crippen molar-refractivity contribution in [3.05, 3.63) is 34.2 Å². The Hall–Kier alpha value is -1.62. The molecular weight excluding hydrogens is 302 g/mol. The van der Waals surface area contributed by atoms with Crippen LogP contribution < -0.4 is 10.9 Å². The Balaban J connectivity index is 1.45. The van der Waals surface area contributed by atoms with Crippen LogP contribution in [0.2, 0.25) is 0 Å². The highest BCUT2D eigenvalue weighted by molar-refractivity contribution is 5.94. The first kappa shape index (κ1) is 17.2. The van der Waals surface area contributed by atoms with Crippen LogP contribution in [0.15, 0.2) is 23.1 Å². The van der Waals surface area contributed by atoms with Gasteiger partial charge < -0.3 is 14.8 Å². The normalized spacial score (nSPS) is 20.9. The van der Waals surface area contributed by atoms with Crippen LogP contribution in [-0.4, -0.2) is 41.1 Å². The lowest BCUT2D eigenvalue weighted by Gasteiger charge is -2.35. The molecule has 1 saturated heterocycles. The zero-order valence-corrected chi connectivity index (χ0v) is 14.7. The fourth-order valence-electron chi connectivity index (χ4n) is 3.95. The smallest absolute Gasteiger partial charge is 0.251 e. The summed E-state index contributed by atoms with van der Waals surface area (Å²) in [6, 6.07) is 3.34. The van der Waals surface area contributed by atoms with Gasteiger partial charge in [-0.3, -0.25) is 9.59 Å². The van der Waals surface area contributed by atoms with Crippen LogP contribution in [0.1, 0.15) is 55.3 Å². The van der Waals surface area contributed by atoms with Crippen LogP contribution in [0.3, 0.4) is 0 Å². The molecular formula is C19H29N3O2. The minimum Gasteiger partial charge on any atom is -0.349 e. The van der Waals surface area contributed by atoms with Gasteiger partial charge in [-0.2, -0.15) is 0 Å². The molecule has 2 aliphatic rings.